The smallest absolute Gasteiger partial charge is 0.249 e. The zero-order valence-corrected chi connectivity index (χ0v) is 22.4. The SMILES string of the molecule is C[C@@H](O)C1O[C@H](O[C@@H]2C(N)C[C@@H](NC(=O)[C@@H](O)CCN)[C@@H](O)C2O[C@@H]2O[C@H]([C@@H](C)N)C(O)[C@@H]2O)C(N)C(O)[C@@H]1O. The number of carbonyl (C=O) groups is 1. The Balaban J connectivity index is 1.86. The lowest BCUT2D eigenvalue weighted by atomic mass is 9.83. The molecule has 2 aliphatic heterocycles. The Hall–Kier alpha value is -1.13. The van der Waals surface area contributed by atoms with Crippen molar-refractivity contribution in [3.63, 3.8) is 0 Å². The highest BCUT2D eigenvalue weighted by molar-refractivity contribution is 5.80. The Morgan fingerprint density at radius 1 is 0.900 bits per heavy atom. The highest BCUT2D eigenvalue weighted by atomic mass is 16.7. The van der Waals surface area contributed by atoms with Gasteiger partial charge in [0.25, 0.3) is 0 Å². The molecule has 0 aromatic heterocycles. The van der Waals surface area contributed by atoms with Gasteiger partial charge in [0.05, 0.1) is 18.2 Å². The van der Waals surface area contributed by atoms with Crippen LogP contribution in [0.3, 0.4) is 0 Å². The van der Waals surface area contributed by atoms with Gasteiger partial charge < -0.3 is 82.9 Å². The van der Waals surface area contributed by atoms with Gasteiger partial charge in [0, 0.05) is 12.1 Å². The van der Waals surface area contributed by atoms with Crippen LogP contribution in [0.15, 0.2) is 0 Å². The van der Waals surface area contributed by atoms with Crippen LogP contribution in [0.1, 0.15) is 26.7 Å². The molecule has 17 nitrogen and oxygen atoms in total. The summed E-state index contributed by atoms with van der Waals surface area (Å²) in [6, 6.07) is -4.07. The van der Waals surface area contributed by atoms with Crippen molar-refractivity contribution in [2.45, 2.75) is 131 Å². The van der Waals surface area contributed by atoms with Gasteiger partial charge in [-0.05, 0) is 33.2 Å². The number of amides is 1. The van der Waals surface area contributed by atoms with E-state index in [1.54, 1.807) is 6.92 Å². The molecule has 0 spiro atoms. The van der Waals surface area contributed by atoms with Crippen molar-refractivity contribution in [1.82, 2.24) is 5.32 Å². The third kappa shape index (κ3) is 7.08. The molecular formula is C23H45N5O12. The predicted molar refractivity (Wildman–Crippen MR) is 135 cm³/mol. The predicted octanol–water partition coefficient (Wildman–Crippen LogP) is -7.01. The van der Waals surface area contributed by atoms with Gasteiger partial charge >= 0.3 is 0 Å². The highest BCUT2D eigenvalue weighted by Gasteiger charge is 2.53. The molecule has 1 aliphatic carbocycles. The van der Waals surface area contributed by atoms with E-state index in [0.717, 1.165) is 0 Å². The molecule has 1 saturated carbocycles. The summed E-state index contributed by atoms with van der Waals surface area (Å²) in [5, 5.41) is 75.4. The molecule has 0 aromatic rings. The third-order valence-corrected chi connectivity index (χ3v) is 7.61. The summed E-state index contributed by atoms with van der Waals surface area (Å²) in [5.41, 5.74) is 23.7. The Kier molecular flexibility index (Phi) is 11.6. The van der Waals surface area contributed by atoms with Crippen LogP contribution in [0.5, 0.6) is 0 Å². The van der Waals surface area contributed by atoms with E-state index in [1.165, 1.54) is 6.92 Å². The van der Waals surface area contributed by atoms with Gasteiger partial charge in [-0.25, -0.2) is 0 Å². The van der Waals surface area contributed by atoms with Crippen molar-refractivity contribution in [3.8, 4) is 0 Å². The maximum atomic E-state index is 12.5. The van der Waals surface area contributed by atoms with Gasteiger partial charge in [0.2, 0.25) is 5.91 Å². The van der Waals surface area contributed by atoms with Gasteiger partial charge in [0.1, 0.15) is 61.0 Å². The molecule has 0 bridgehead atoms. The molecule has 17 atom stereocenters. The van der Waals surface area contributed by atoms with E-state index in [0.29, 0.717) is 0 Å². The molecule has 3 fully saturated rings. The molecule has 16 N–H and O–H groups in total. The molecule has 17 heteroatoms. The van der Waals surface area contributed by atoms with Crippen LogP contribution >= 0.6 is 0 Å². The zero-order valence-electron chi connectivity index (χ0n) is 22.4. The lowest BCUT2D eigenvalue weighted by molar-refractivity contribution is -0.315. The molecule has 3 rings (SSSR count). The van der Waals surface area contributed by atoms with Crippen molar-refractivity contribution in [2.24, 2.45) is 22.9 Å². The third-order valence-electron chi connectivity index (χ3n) is 7.61. The van der Waals surface area contributed by atoms with Gasteiger partial charge in [0.15, 0.2) is 12.6 Å². The summed E-state index contributed by atoms with van der Waals surface area (Å²) in [7, 11) is 0. The Bertz CT molecular complexity index is 829. The van der Waals surface area contributed by atoms with Gasteiger partial charge in [-0.15, -0.1) is 0 Å². The summed E-state index contributed by atoms with van der Waals surface area (Å²) in [6.07, 6.45) is -18.4. The quantitative estimate of drug-likeness (QED) is 0.114. The summed E-state index contributed by atoms with van der Waals surface area (Å²) in [6.45, 7) is 2.93. The fourth-order valence-corrected chi connectivity index (χ4v) is 5.24. The minimum Gasteiger partial charge on any atom is -0.391 e. The van der Waals surface area contributed by atoms with Crippen LogP contribution in [-0.4, -0.2) is 152 Å². The minimum atomic E-state index is -1.58. The number of hydrogen-bond acceptors (Lipinski definition) is 16. The van der Waals surface area contributed by atoms with E-state index < -0.39 is 110 Å². The van der Waals surface area contributed by atoms with Crippen LogP contribution in [0.4, 0.5) is 0 Å². The molecule has 0 radical (unpaired) electrons. The average Bonchev–Trinajstić information content (AvgIpc) is 3.17. The fraction of sp³-hybridized carbons (Fsp3) is 0.957. The summed E-state index contributed by atoms with van der Waals surface area (Å²) < 4.78 is 23.1. The minimum absolute atomic E-state index is 0.0272. The Morgan fingerprint density at radius 2 is 1.48 bits per heavy atom. The monoisotopic (exact) mass is 583 g/mol. The van der Waals surface area contributed by atoms with Crippen molar-refractivity contribution in [3.05, 3.63) is 0 Å². The molecule has 0 aromatic carbocycles. The second kappa shape index (κ2) is 13.9. The molecule has 2 saturated heterocycles. The molecule has 6 unspecified atom stereocenters. The highest BCUT2D eigenvalue weighted by Crippen LogP contribution is 2.33. The molecule has 1 amide bonds. The second-order valence-corrected chi connectivity index (χ2v) is 10.9. The molecule has 40 heavy (non-hydrogen) atoms. The van der Waals surface area contributed by atoms with E-state index in [-0.39, 0.29) is 19.4 Å². The fourth-order valence-electron chi connectivity index (χ4n) is 5.24. The maximum absolute atomic E-state index is 12.5. The van der Waals surface area contributed by atoms with Crippen molar-refractivity contribution in [2.75, 3.05) is 6.54 Å². The van der Waals surface area contributed by atoms with Crippen molar-refractivity contribution < 1.29 is 59.5 Å². The van der Waals surface area contributed by atoms with Crippen LogP contribution in [0, 0.1) is 0 Å². The Labute approximate surface area is 231 Å². The number of ether oxygens (including phenoxy) is 4. The van der Waals surface area contributed by atoms with Crippen molar-refractivity contribution >= 4 is 5.91 Å². The lowest BCUT2D eigenvalue weighted by Gasteiger charge is -2.48. The van der Waals surface area contributed by atoms with Gasteiger partial charge in [-0.3, -0.25) is 4.79 Å². The first-order chi connectivity index (χ1) is 18.7. The number of aliphatic hydroxyl groups is 7. The largest absolute Gasteiger partial charge is 0.391 e. The number of carbonyl (C=O) groups excluding carboxylic acids is 1. The van der Waals surface area contributed by atoms with E-state index in [1.807, 2.05) is 0 Å². The maximum Gasteiger partial charge on any atom is 0.249 e. The first kappa shape index (κ1) is 33.4. The standard InChI is InChI=1S/C23H45N5O12/c1-6(25)17-15(34)16(35)23(37-17)40-20-12(31)9(28-21(36)10(30)3-4-24)5-8(26)19(20)39-22-11(27)13(32)14(33)18(38-22)7(2)29/h6-20,22-23,29-35H,3-5,24-27H2,1-2H3,(H,28,36)/t6-,7-,8?,9-,10+,11?,12-,13?,14+,15?,16+,17-,18?,19-,20?,22-,23+/m1/s1. The summed E-state index contributed by atoms with van der Waals surface area (Å²) in [4.78, 5) is 12.5. The van der Waals surface area contributed by atoms with Crippen molar-refractivity contribution in [1.29, 1.82) is 0 Å². The van der Waals surface area contributed by atoms with Crippen LogP contribution in [0.2, 0.25) is 0 Å². The van der Waals surface area contributed by atoms with E-state index in [4.69, 9.17) is 41.9 Å². The van der Waals surface area contributed by atoms with E-state index >= 15 is 0 Å². The molecule has 2 heterocycles. The summed E-state index contributed by atoms with van der Waals surface area (Å²) in [5.74, 6) is -0.807. The number of hydrogen-bond donors (Lipinski definition) is 12. The first-order valence-electron chi connectivity index (χ1n) is 13.3. The molecular weight excluding hydrogens is 538 g/mol. The number of nitrogens with two attached hydrogens (primary N) is 4. The van der Waals surface area contributed by atoms with Crippen LogP contribution in [0.25, 0.3) is 0 Å². The van der Waals surface area contributed by atoms with E-state index in [9.17, 15) is 40.5 Å². The van der Waals surface area contributed by atoms with Crippen LogP contribution < -0.4 is 28.3 Å². The topological polar surface area (TPSA) is 312 Å². The normalized spacial score (nSPS) is 46.5. The molecule has 234 valence electrons. The average molecular weight is 584 g/mol. The van der Waals surface area contributed by atoms with Crippen LogP contribution in [-0.2, 0) is 23.7 Å². The molecule has 3 aliphatic rings. The lowest BCUT2D eigenvalue weighted by Crippen LogP contribution is -2.69. The second-order valence-electron chi connectivity index (χ2n) is 10.9. The number of rotatable bonds is 10. The number of nitrogens with one attached hydrogen (secondary N) is 1. The number of aliphatic hydroxyl groups excluding tert-OH is 7. The zero-order chi connectivity index (χ0) is 30.0. The van der Waals surface area contributed by atoms with Gasteiger partial charge in [-0.1, -0.05) is 0 Å². The van der Waals surface area contributed by atoms with E-state index in [2.05, 4.69) is 5.32 Å². The first-order valence-corrected chi connectivity index (χ1v) is 13.3. The Morgan fingerprint density at radius 3 is 2.02 bits per heavy atom. The van der Waals surface area contributed by atoms with Gasteiger partial charge in [-0.2, -0.15) is 0 Å². The summed E-state index contributed by atoms with van der Waals surface area (Å²) >= 11 is 0.